The van der Waals surface area contributed by atoms with Crippen LogP contribution in [0.5, 0.6) is 0 Å². The number of pyridine rings is 1. The number of fused-ring (bicyclic) bond motifs is 1. The minimum Gasteiger partial charge on any atom is -0.369 e. The topological polar surface area (TPSA) is 86.9 Å². The lowest BCUT2D eigenvalue weighted by molar-refractivity contribution is -0.122. The number of rotatable bonds is 4. The first-order valence-corrected chi connectivity index (χ1v) is 11.1. The van der Waals surface area contributed by atoms with Crippen molar-refractivity contribution < 1.29 is 4.79 Å². The number of piperidine rings is 1. The zero-order valence-corrected chi connectivity index (χ0v) is 17.5. The number of primary amides is 1. The van der Waals surface area contributed by atoms with E-state index in [4.69, 9.17) is 5.73 Å². The van der Waals surface area contributed by atoms with Crippen LogP contribution in [0.15, 0.2) is 23.3 Å². The van der Waals surface area contributed by atoms with Gasteiger partial charge in [0, 0.05) is 57.4 Å². The molecule has 4 rings (SSSR count). The van der Waals surface area contributed by atoms with Gasteiger partial charge >= 0.3 is 0 Å². The van der Waals surface area contributed by atoms with E-state index in [1.807, 2.05) is 19.3 Å². The Balaban J connectivity index is 1.38. The maximum Gasteiger partial charge on any atom is 0.220 e. The fourth-order valence-corrected chi connectivity index (χ4v) is 5.31. The summed E-state index contributed by atoms with van der Waals surface area (Å²) in [4.78, 5) is 25.4. The molecule has 29 heavy (non-hydrogen) atoms. The SMILES string of the molecule is CN=C(NCc1cccnc1N1CCC(C(N)=O)CC1)N1CC2CCCCC2C1. The predicted molar refractivity (Wildman–Crippen MR) is 116 cm³/mol. The number of nitrogens with one attached hydrogen (secondary N) is 1. The third kappa shape index (κ3) is 4.49. The monoisotopic (exact) mass is 398 g/mol. The summed E-state index contributed by atoms with van der Waals surface area (Å²) in [6.45, 7) is 4.61. The summed E-state index contributed by atoms with van der Waals surface area (Å²) in [5.74, 6) is 3.50. The zero-order valence-electron chi connectivity index (χ0n) is 17.5. The van der Waals surface area contributed by atoms with Gasteiger partial charge in [-0.3, -0.25) is 9.79 Å². The van der Waals surface area contributed by atoms with Gasteiger partial charge in [-0.2, -0.15) is 0 Å². The number of likely N-dealkylation sites (tertiary alicyclic amines) is 1. The van der Waals surface area contributed by atoms with E-state index in [0.717, 1.165) is 62.6 Å². The van der Waals surface area contributed by atoms with Gasteiger partial charge in [0.1, 0.15) is 5.82 Å². The van der Waals surface area contributed by atoms with Crippen LogP contribution >= 0.6 is 0 Å². The minimum atomic E-state index is -0.178. The van der Waals surface area contributed by atoms with E-state index in [1.165, 1.54) is 31.2 Å². The average Bonchev–Trinajstić information content (AvgIpc) is 3.18. The Morgan fingerprint density at radius 1 is 1.21 bits per heavy atom. The molecule has 0 bridgehead atoms. The minimum absolute atomic E-state index is 0.00550. The van der Waals surface area contributed by atoms with Crippen LogP contribution in [0.2, 0.25) is 0 Å². The van der Waals surface area contributed by atoms with Crippen LogP contribution in [0.1, 0.15) is 44.1 Å². The Hall–Kier alpha value is -2.31. The summed E-state index contributed by atoms with van der Waals surface area (Å²) in [7, 11) is 1.88. The quantitative estimate of drug-likeness (QED) is 0.598. The molecule has 1 amide bonds. The van der Waals surface area contributed by atoms with Crippen LogP contribution in [0.25, 0.3) is 0 Å². The number of aliphatic imine (C=N–C) groups is 1. The molecule has 2 unspecified atom stereocenters. The van der Waals surface area contributed by atoms with Crippen LogP contribution < -0.4 is 16.0 Å². The molecule has 3 heterocycles. The third-order valence-corrected chi connectivity index (χ3v) is 6.99. The number of anilines is 1. The van der Waals surface area contributed by atoms with E-state index in [0.29, 0.717) is 6.54 Å². The summed E-state index contributed by atoms with van der Waals surface area (Å²) >= 11 is 0. The number of carbonyl (C=O) groups excluding carboxylic acids is 1. The maximum absolute atomic E-state index is 11.5. The fourth-order valence-electron chi connectivity index (χ4n) is 5.31. The van der Waals surface area contributed by atoms with Crippen molar-refractivity contribution in [3.05, 3.63) is 23.9 Å². The molecule has 0 aromatic carbocycles. The van der Waals surface area contributed by atoms with Gasteiger partial charge in [0.15, 0.2) is 5.96 Å². The van der Waals surface area contributed by atoms with Gasteiger partial charge in [-0.05, 0) is 43.6 Å². The lowest BCUT2D eigenvalue weighted by atomic mass is 9.82. The second kappa shape index (κ2) is 9.01. The predicted octanol–water partition coefficient (Wildman–Crippen LogP) is 1.98. The number of aromatic nitrogens is 1. The van der Waals surface area contributed by atoms with Crippen molar-refractivity contribution in [1.82, 2.24) is 15.2 Å². The Morgan fingerprint density at radius 3 is 2.52 bits per heavy atom. The standard InChI is InChI=1S/C22H34N6O/c1-24-22(28-14-18-5-2-3-6-19(18)15-28)26-13-17-7-4-10-25-21(17)27-11-8-16(9-12-27)20(23)29/h4,7,10,16,18-19H,2-3,5-6,8-9,11-15H2,1H3,(H2,23,29)(H,24,26). The lowest BCUT2D eigenvalue weighted by Gasteiger charge is -2.32. The molecule has 0 spiro atoms. The summed E-state index contributed by atoms with van der Waals surface area (Å²) < 4.78 is 0. The molecule has 2 saturated heterocycles. The number of guanidine groups is 1. The van der Waals surface area contributed by atoms with E-state index in [1.54, 1.807) is 0 Å². The summed E-state index contributed by atoms with van der Waals surface area (Å²) in [6.07, 6.45) is 8.95. The first-order valence-electron chi connectivity index (χ1n) is 11.1. The van der Waals surface area contributed by atoms with Gasteiger partial charge < -0.3 is 20.9 Å². The van der Waals surface area contributed by atoms with E-state index >= 15 is 0 Å². The Morgan fingerprint density at radius 2 is 1.90 bits per heavy atom. The number of hydrogen-bond acceptors (Lipinski definition) is 4. The second-order valence-electron chi connectivity index (χ2n) is 8.76. The van der Waals surface area contributed by atoms with E-state index in [2.05, 4.69) is 31.2 Å². The van der Waals surface area contributed by atoms with Gasteiger partial charge in [-0.25, -0.2) is 4.98 Å². The van der Waals surface area contributed by atoms with Gasteiger partial charge in [0.2, 0.25) is 5.91 Å². The Labute approximate surface area is 173 Å². The largest absolute Gasteiger partial charge is 0.369 e. The number of carbonyl (C=O) groups is 1. The van der Waals surface area contributed by atoms with Crippen LogP contribution in [-0.4, -0.2) is 55.0 Å². The van der Waals surface area contributed by atoms with Crippen molar-refractivity contribution in [2.75, 3.05) is 38.1 Å². The van der Waals surface area contributed by atoms with Crippen molar-refractivity contribution >= 4 is 17.7 Å². The van der Waals surface area contributed by atoms with Crippen LogP contribution in [-0.2, 0) is 11.3 Å². The normalized spacial score (nSPS) is 25.8. The van der Waals surface area contributed by atoms with E-state index in [-0.39, 0.29) is 11.8 Å². The van der Waals surface area contributed by atoms with Crippen LogP contribution in [0, 0.1) is 17.8 Å². The third-order valence-electron chi connectivity index (χ3n) is 6.99. The molecule has 1 aliphatic carbocycles. The van der Waals surface area contributed by atoms with Crippen molar-refractivity contribution in [3.8, 4) is 0 Å². The second-order valence-corrected chi connectivity index (χ2v) is 8.76. The smallest absolute Gasteiger partial charge is 0.220 e. The molecule has 1 aromatic rings. The van der Waals surface area contributed by atoms with E-state index < -0.39 is 0 Å². The molecule has 1 aromatic heterocycles. The summed E-state index contributed by atoms with van der Waals surface area (Å²) in [5, 5.41) is 3.58. The molecule has 158 valence electrons. The van der Waals surface area contributed by atoms with Gasteiger partial charge in [0.05, 0.1) is 0 Å². The molecule has 7 nitrogen and oxygen atoms in total. The molecular formula is C22H34N6O. The molecule has 1 saturated carbocycles. The molecule has 3 aliphatic rings. The molecule has 2 aliphatic heterocycles. The van der Waals surface area contributed by atoms with Crippen LogP contribution in [0.4, 0.5) is 5.82 Å². The highest BCUT2D eigenvalue weighted by Gasteiger charge is 2.35. The Bertz CT molecular complexity index is 729. The van der Waals surface area contributed by atoms with Crippen LogP contribution in [0.3, 0.4) is 0 Å². The van der Waals surface area contributed by atoms with Gasteiger partial charge in [0.25, 0.3) is 0 Å². The van der Waals surface area contributed by atoms with Crippen molar-refractivity contribution in [2.45, 2.75) is 45.1 Å². The Kier molecular flexibility index (Phi) is 6.21. The van der Waals surface area contributed by atoms with Crippen molar-refractivity contribution in [1.29, 1.82) is 0 Å². The zero-order chi connectivity index (χ0) is 20.2. The van der Waals surface area contributed by atoms with Gasteiger partial charge in [-0.1, -0.05) is 18.9 Å². The highest BCUT2D eigenvalue weighted by Crippen LogP contribution is 2.36. The molecule has 0 radical (unpaired) electrons. The molecule has 2 atom stereocenters. The lowest BCUT2D eigenvalue weighted by Crippen LogP contribution is -2.41. The van der Waals surface area contributed by atoms with Crippen molar-refractivity contribution in [2.24, 2.45) is 28.5 Å². The van der Waals surface area contributed by atoms with Crippen molar-refractivity contribution in [3.63, 3.8) is 0 Å². The maximum atomic E-state index is 11.5. The van der Waals surface area contributed by atoms with Gasteiger partial charge in [-0.15, -0.1) is 0 Å². The highest BCUT2D eigenvalue weighted by atomic mass is 16.1. The number of amides is 1. The number of nitrogens with zero attached hydrogens (tertiary/aromatic N) is 4. The highest BCUT2D eigenvalue weighted by molar-refractivity contribution is 5.80. The molecule has 7 heteroatoms. The summed E-state index contributed by atoms with van der Waals surface area (Å²) in [6, 6.07) is 4.12. The van der Waals surface area contributed by atoms with E-state index in [9.17, 15) is 4.79 Å². The number of hydrogen-bond donors (Lipinski definition) is 2. The first-order chi connectivity index (χ1) is 14.2. The molecular weight excluding hydrogens is 364 g/mol. The molecule has 3 N–H and O–H groups in total. The molecule has 3 fully saturated rings. The average molecular weight is 399 g/mol. The fraction of sp³-hybridized carbons (Fsp3) is 0.682. The summed E-state index contributed by atoms with van der Waals surface area (Å²) in [5.41, 5.74) is 6.65. The number of nitrogens with two attached hydrogens (primary N) is 1. The first kappa shape index (κ1) is 20.0.